The van der Waals surface area contributed by atoms with E-state index in [1.807, 2.05) is 0 Å². The third kappa shape index (κ3) is 2.23. The van der Waals surface area contributed by atoms with Gasteiger partial charge in [0.25, 0.3) is 0 Å². The van der Waals surface area contributed by atoms with Crippen LogP contribution >= 0.6 is 8.25 Å². The van der Waals surface area contributed by atoms with Crippen molar-refractivity contribution < 1.29 is 14.4 Å². The van der Waals surface area contributed by atoms with Gasteiger partial charge in [0.05, 0.1) is 0 Å². The third-order valence-corrected chi connectivity index (χ3v) is 3.39. The predicted octanol–water partition coefficient (Wildman–Crippen LogP) is 4.21. The van der Waals surface area contributed by atoms with Crippen LogP contribution in [-0.2, 0) is 4.57 Å². The fourth-order valence-electron chi connectivity index (χ4n) is 2.67. The van der Waals surface area contributed by atoms with Crippen LogP contribution in [0.4, 0.5) is 0 Å². The van der Waals surface area contributed by atoms with Crippen molar-refractivity contribution >= 4 is 40.6 Å². The number of benzene rings is 4. The van der Waals surface area contributed by atoms with Gasteiger partial charge in [0.2, 0.25) is 0 Å². The Bertz CT molecular complexity index is 768. The standard InChI is InChI=1S/C16H10.HO3P/c1-3-11-7-9-13-5-2-6-14-10-8-12(4-1)15(11)16(13)14;1-4(2)3/h1-10H;(H-,1,2,3)/p+1. The number of hydrogen-bond acceptors (Lipinski definition) is 1. The lowest BCUT2D eigenvalue weighted by Crippen LogP contribution is -1.82. The van der Waals surface area contributed by atoms with Crippen LogP contribution in [0.5, 0.6) is 0 Å². The lowest BCUT2D eigenvalue weighted by Gasteiger charge is -2.09. The van der Waals surface area contributed by atoms with Crippen LogP contribution in [0, 0.1) is 0 Å². The van der Waals surface area contributed by atoms with Crippen LogP contribution in [0.25, 0.3) is 32.3 Å². The number of rotatable bonds is 0. The van der Waals surface area contributed by atoms with Gasteiger partial charge >= 0.3 is 8.25 Å². The Hall–Kier alpha value is -2.06. The first-order valence-electron chi connectivity index (χ1n) is 6.14. The molecule has 4 heteroatoms. The first kappa shape index (κ1) is 12.9. The highest BCUT2D eigenvalue weighted by Gasteiger charge is 2.05. The molecule has 4 rings (SSSR count). The Morgan fingerprint density at radius 3 is 1.10 bits per heavy atom. The van der Waals surface area contributed by atoms with Crippen molar-refractivity contribution in [3.8, 4) is 0 Å². The maximum atomic E-state index is 8.70. The zero-order valence-electron chi connectivity index (χ0n) is 10.5. The molecule has 0 aromatic heterocycles. The molecule has 0 heterocycles. The van der Waals surface area contributed by atoms with E-state index in [-0.39, 0.29) is 0 Å². The summed E-state index contributed by atoms with van der Waals surface area (Å²) in [6.07, 6.45) is 0. The van der Waals surface area contributed by atoms with E-state index in [0.29, 0.717) is 0 Å². The Balaban J connectivity index is 0.000000272. The van der Waals surface area contributed by atoms with E-state index in [2.05, 4.69) is 60.7 Å². The molecule has 0 aliphatic rings. The monoisotopic (exact) mass is 283 g/mol. The lowest BCUT2D eigenvalue weighted by atomic mass is 9.95. The van der Waals surface area contributed by atoms with Gasteiger partial charge in [-0.05, 0) is 32.3 Å². The van der Waals surface area contributed by atoms with E-state index in [9.17, 15) is 0 Å². The fraction of sp³-hybridized carbons (Fsp3) is 0. The number of hydrogen-bond donors (Lipinski definition) is 2. The van der Waals surface area contributed by atoms with Gasteiger partial charge in [-0.3, -0.25) is 0 Å². The molecule has 0 aliphatic carbocycles. The second kappa shape index (κ2) is 5.14. The summed E-state index contributed by atoms with van der Waals surface area (Å²) in [5.74, 6) is 0. The smallest absolute Gasteiger partial charge is 0.134 e. The summed E-state index contributed by atoms with van der Waals surface area (Å²) in [6, 6.07) is 21.9. The Kier molecular flexibility index (Phi) is 3.33. The molecule has 4 aromatic carbocycles. The predicted molar refractivity (Wildman–Crippen MR) is 82.2 cm³/mol. The van der Waals surface area contributed by atoms with Gasteiger partial charge in [-0.15, -0.1) is 9.79 Å². The molecule has 0 saturated heterocycles. The van der Waals surface area contributed by atoms with E-state index in [0.717, 1.165) is 0 Å². The molecule has 0 atom stereocenters. The minimum absolute atomic E-state index is 1.34. The molecular weight excluding hydrogens is 271 g/mol. The molecule has 20 heavy (non-hydrogen) atoms. The quantitative estimate of drug-likeness (QED) is 0.375. The van der Waals surface area contributed by atoms with Crippen molar-refractivity contribution in [3.05, 3.63) is 60.7 Å². The molecular formula is C16H12O3P+. The molecule has 3 nitrogen and oxygen atoms in total. The van der Waals surface area contributed by atoms with Crippen LogP contribution in [0.1, 0.15) is 0 Å². The zero-order valence-corrected chi connectivity index (χ0v) is 11.4. The molecule has 0 saturated carbocycles. The van der Waals surface area contributed by atoms with Gasteiger partial charge in [0.1, 0.15) is 0 Å². The molecule has 0 aliphatic heterocycles. The van der Waals surface area contributed by atoms with Gasteiger partial charge in [-0.1, -0.05) is 60.7 Å². The second-order valence-electron chi connectivity index (χ2n) is 4.54. The van der Waals surface area contributed by atoms with Crippen molar-refractivity contribution in [2.45, 2.75) is 0 Å². The van der Waals surface area contributed by atoms with Crippen LogP contribution in [0.15, 0.2) is 60.7 Å². The zero-order chi connectivity index (χ0) is 14.1. The highest BCUT2D eigenvalue weighted by Crippen LogP contribution is 2.33. The summed E-state index contributed by atoms with van der Waals surface area (Å²) < 4.78 is 8.70. The molecule has 2 N–H and O–H groups in total. The van der Waals surface area contributed by atoms with Gasteiger partial charge in [-0.25, -0.2) is 0 Å². The summed E-state index contributed by atoms with van der Waals surface area (Å²) in [7, 11) is -2.87. The maximum Gasteiger partial charge on any atom is 0.692 e. The van der Waals surface area contributed by atoms with E-state index < -0.39 is 8.25 Å². The van der Waals surface area contributed by atoms with Crippen LogP contribution in [-0.4, -0.2) is 9.79 Å². The largest absolute Gasteiger partial charge is 0.692 e. The second-order valence-corrected chi connectivity index (χ2v) is 5.05. The van der Waals surface area contributed by atoms with Crippen molar-refractivity contribution in [3.63, 3.8) is 0 Å². The average molecular weight is 283 g/mol. The van der Waals surface area contributed by atoms with Crippen molar-refractivity contribution in [1.82, 2.24) is 0 Å². The Labute approximate surface area is 116 Å². The van der Waals surface area contributed by atoms with E-state index >= 15 is 0 Å². The SMILES string of the molecule is O=[P+](O)O.c1cc2ccc3cccc4ccc(c1)c2c34. The van der Waals surface area contributed by atoms with Crippen LogP contribution in [0.3, 0.4) is 0 Å². The molecule has 0 radical (unpaired) electrons. The summed E-state index contributed by atoms with van der Waals surface area (Å²) in [6.45, 7) is 0. The Morgan fingerprint density at radius 1 is 0.600 bits per heavy atom. The lowest BCUT2D eigenvalue weighted by molar-refractivity contribution is 0.405. The average Bonchev–Trinajstić information content (AvgIpc) is 2.44. The first-order chi connectivity index (χ1) is 9.66. The van der Waals surface area contributed by atoms with Crippen molar-refractivity contribution in [1.29, 1.82) is 0 Å². The molecule has 0 amide bonds. The van der Waals surface area contributed by atoms with E-state index in [1.54, 1.807) is 0 Å². The van der Waals surface area contributed by atoms with Gasteiger partial charge in [0.15, 0.2) is 0 Å². The Morgan fingerprint density at radius 2 is 0.850 bits per heavy atom. The molecule has 4 aromatic rings. The molecule has 0 fully saturated rings. The minimum Gasteiger partial charge on any atom is -0.134 e. The summed E-state index contributed by atoms with van der Waals surface area (Å²) in [5, 5.41) is 8.14. The van der Waals surface area contributed by atoms with Gasteiger partial charge in [0, 0.05) is 4.57 Å². The van der Waals surface area contributed by atoms with Gasteiger partial charge < -0.3 is 0 Å². The minimum atomic E-state index is -2.87. The maximum absolute atomic E-state index is 8.70. The highest BCUT2D eigenvalue weighted by atomic mass is 31.1. The van der Waals surface area contributed by atoms with Crippen LogP contribution < -0.4 is 0 Å². The summed E-state index contributed by atoms with van der Waals surface area (Å²) >= 11 is 0. The fourth-order valence-corrected chi connectivity index (χ4v) is 2.67. The van der Waals surface area contributed by atoms with E-state index in [4.69, 9.17) is 14.4 Å². The van der Waals surface area contributed by atoms with Crippen molar-refractivity contribution in [2.24, 2.45) is 0 Å². The normalized spacial score (nSPS) is 10.7. The van der Waals surface area contributed by atoms with Crippen molar-refractivity contribution in [2.75, 3.05) is 0 Å². The third-order valence-electron chi connectivity index (χ3n) is 3.39. The molecule has 0 bridgehead atoms. The van der Waals surface area contributed by atoms with Gasteiger partial charge in [-0.2, -0.15) is 0 Å². The van der Waals surface area contributed by atoms with E-state index in [1.165, 1.54) is 32.3 Å². The highest BCUT2D eigenvalue weighted by molar-refractivity contribution is 7.30. The topological polar surface area (TPSA) is 57.5 Å². The molecule has 98 valence electrons. The molecule has 0 unspecified atom stereocenters. The summed E-state index contributed by atoms with van der Waals surface area (Å²) in [4.78, 5) is 14.2. The summed E-state index contributed by atoms with van der Waals surface area (Å²) in [5.41, 5.74) is 0. The molecule has 0 spiro atoms. The first-order valence-corrected chi connectivity index (χ1v) is 7.31. The van der Waals surface area contributed by atoms with Crippen LogP contribution in [0.2, 0.25) is 0 Å².